The van der Waals surface area contributed by atoms with Gasteiger partial charge in [-0.25, -0.2) is 9.78 Å². The second kappa shape index (κ2) is 11.5. The first-order valence-electron chi connectivity index (χ1n) is 12.0. The van der Waals surface area contributed by atoms with Gasteiger partial charge in [-0.15, -0.1) is 0 Å². The summed E-state index contributed by atoms with van der Waals surface area (Å²) in [4.78, 5) is 24.0. The summed E-state index contributed by atoms with van der Waals surface area (Å²) in [5, 5.41) is 10.9. The molecule has 1 aliphatic rings. The first kappa shape index (κ1) is 24.8. The Morgan fingerprint density at radius 1 is 1.08 bits per heavy atom. The minimum atomic E-state index is -0.166. The van der Waals surface area contributed by atoms with Gasteiger partial charge in [0.15, 0.2) is 0 Å². The van der Waals surface area contributed by atoms with Crippen molar-refractivity contribution in [3.63, 3.8) is 0 Å². The number of carbonyl (C=O) groups is 1. The van der Waals surface area contributed by atoms with Gasteiger partial charge >= 0.3 is 6.03 Å². The van der Waals surface area contributed by atoms with Gasteiger partial charge in [-0.2, -0.15) is 4.98 Å². The predicted molar refractivity (Wildman–Crippen MR) is 145 cm³/mol. The molecule has 2 aromatic heterocycles. The topological polar surface area (TPSA) is 106 Å². The molecule has 1 amide bonds. The van der Waals surface area contributed by atoms with Crippen LogP contribution in [0.2, 0.25) is 5.02 Å². The van der Waals surface area contributed by atoms with Gasteiger partial charge in [0.2, 0.25) is 5.95 Å². The number of methoxy groups -OCH3 is 1. The van der Waals surface area contributed by atoms with Crippen LogP contribution in [-0.4, -0.2) is 72.0 Å². The summed E-state index contributed by atoms with van der Waals surface area (Å²) in [5.74, 6) is 1.61. The third kappa shape index (κ3) is 6.11. The Balaban J connectivity index is 1.25. The van der Waals surface area contributed by atoms with Crippen molar-refractivity contribution >= 4 is 51.7 Å². The van der Waals surface area contributed by atoms with Gasteiger partial charge in [-0.05, 0) is 42.5 Å². The highest BCUT2D eigenvalue weighted by atomic mass is 35.5. The monoisotopic (exact) mass is 521 g/mol. The van der Waals surface area contributed by atoms with Gasteiger partial charge in [0.05, 0.1) is 30.9 Å². The average molecular weight is 522 g/mol. The maximum Gasteiger partial charge on any atom is 0.326 e. The van der Waals surface area contributed by atoms with Crippen LogP contribution in [0.3, 0.4) is 0 Å². The molecule has 1 fully saturated rings. The summed E-state index contributed by atoms with van der Waals surface area (Å²) < 4.78 is 12.2. The van der Waals surface area contributed by atoms with Crippen molar-refractivity contribution in [1.29, 1.82) is 0 Å². The molecule has 3 N–H and O–H groups in total. The SMILES string of the molecule is COc1ccc(Nc2ccnc(Nc3ccc4ccn(C(=O)NCCN5CCOCC5)c4c3)n2)cc1Cl. The Morgan fingerprint density at radius 3 is 2.70 bits per heavy atom. The molecule has 5 rings (SSSR count). The number of aromatic nitrogens is 3. The number of rotatable bonds is 8. The summed E-state index contributed by atoms with van der Waals surface area (Å²) in [6.07, 6.45) is 3.44. The molecule has 0 unspecified atom stereocenters. The van der Waals surface area contributed by atoms with Crippen molar-refractivity contribution in [2.75, 3.05) is 57.1 Å². The molecule has 0 spiro atoms. The number of nitrogens with zero attached hydrogens (tertiary/aromatic N) is 4. The molecule has 0 atom stereocenters. The van der Waals surface area contributed by atoms with E-state index in [0.29, 0.717) is 29.1 Å². The third-order valence-electron chi connectivity index (χ3n) is 6.06. The Bertz CT molecular complexity index is 1390. The number of amides is 1. The zero-order valence-corrected chi connectivity index (χ0v) is 21.2. The minimum Gasteiger partial charge on any atom is -0.495 e. The highest BCUT2D eigenvalue weighted by Crippen LogP contribution is 2.29. The number of hydrogen-bond acceptors (Lipinski definition) is 8. The van der Waals surface area contributed by atoms with Crippen molar-refractivity contribution in [1.82, 2.24) is 24.8 Å². The van der Waals surface area contributed by atoms with Crippen molar-refractivity contribution < 1.29 is 14.3 Å². The molecule has 10 nitrogen and oxygen atoms in total. The number of nitrogens with one attached hydrogen (secondary N) is 3. The number of benzene rings is 2. The molecular weight excluding hydrogens is 494 g/mol. The number of morpholine rings is 1. The first-order chi connectivity index (χ1) is 18.1. The maximum atomic E-state index is 12.9. The normalized spacial score (nSPS) is 13.9. The number of carbonyl (C=O) groups excluding carboxylic acids is 1. The van der Waals surface area contributed by atoms with E-state index >= 15 is 0 Å². The van der Waals surface area contributed by atoms with Gasteiger partial charge in [-0.3, -0.25) is 9.47 Å². The lowest BCUT2D eigenvalue weighted by atomic mass is 10.2. The fourth-order valence-electron chi connectivity index (χ4n) is 4.12. The molecule has 192 valence electrons. The van der Waals surface area contributed by atoms with Crippen LogP contribution in [0, 0.1) is 0 Å². The summed E-state index contributed by atoms with van der Waals surface area (Å²) >= 11 is 6.22. The number of anilines is 4. The van der Waals surface area contributed by atoms with E-state index in [1.54, 1.807) is 42.3 Å². The second-order valence-electron chi connectivity index (χ2n) is 8.51. The largest absolute Gasteiger partial charge is 0.495 e. The molecule has 0 radical (unpaired) electrons. The molecule has 0 saturated carbocycles. The molecule has 4 aromatic rings. The predicted octanol–water partition coefficient (Wildman–Crippen LogP) is 4.47. The van der Waals surface area contributed by atoms with Crippen molar-refractivity contribution in [3.05, 3.63) is 65.9 Å². The van der Waals surface area contributed by atoms with Crippen molar-refractivity contribution in [2.24, 2.45) is 0 Å². The quantitative estimate of drug-likeness (QED) is 0.312. The van der Waals surface area contributed by atoms with E-state index in [1.165, 1.54) is 0 Å². The van der Waals surface area contributed by atoms with E-state index in [1.807, 2.05) is 30.3 Å². The fourth-order valence-corrected chi connectivity index (χ4v) is 4.38. The van der Waals surface area contributed by atoms with Crippen molar-refractivity contribution in [3.8, 4) is 5.75 Å². The minimum absolute atomic E-state index is 0.166. The van der Waals surface area contributed by atoms with Crippen LogP contribution in [0.15, 0.2) is 60.9 Å². The lowest BCUT2D eigenvalue weighted by Gasteiger charge is -2.26. The van der Waals surface area contributed by atoms with E-state index in [-0.39, 0.29) is 6.03 Å². The zero-order valence-electron chi connectivity index (χ0n) is 20.4. The van der Waals surface area contributed by atoms with Crippen LogP contribution < -0.4 is 20.7 Å². The van der Waals surface area contributed by atoms with Crippen molar-refractivity contribution in [2.45, 2.75) is 0 Å². The van der Waals surface area contributed by atoms with Crippen LogP contribution in [0.1, 0.15) is 0 Å². The number of ether oxygens (including phenoxy) is 2. The maximum absolute atomic E-state index is 12.9. The van der Waals surface area contributed by atoms with Crippen LogP contribution in [0.5, 0.6) is 5.75 Å². The van der Waals surface area contributed by atoms with E-state index in [2.05, 4.69) is 30.8 Å². The highest BCUT2D eigenvalue weighted by Gasteiger charge is 2.13. The Hall–Kier alpha value is -3.86. The molecule has 11 heteroatoms. The number of fused-ring (bicyclic) bond motifs is 1. The standard InChI is InChI=1S/C26H28ClN7O3/c1-36-23-5-4-19(16-21(23)27)30-24-6-8-28-25(32-24)31-20-3-2-18-7-10-34(22(18)17-20)26(35)29-9-11-33-12-14-37-15-13-33/h2-8,10,16-17H,9,11-15H2,1H3,(H,29,35)(H2,28,30,31,32). The lowest BCUT2D eigenvalue weighted by Crippen LogP contribution is -2.42. The highest BCUT2D eigenvalue weighted by molar-refractivity contribution is 6.32. The van der Waals surface area contributed by atoms with Gasteiger partial charge < -0.3 is 25.4 Å². The molecular formula is C26H28ClN7O3. The summed E-state index contributed by atoms with van der Waals surface area (Å²) in [6.45, 7) is 4.64. The van der Waals surface area contributed by atoms with Crippen LogP contribution in [0.4, 0.5) is 27.9 Å². The van der Waals surface area contributed by atoms with E-state index < -0.39 is 0 Å². The van der Waals surface area contributed by atoms with Crippen LogP contribution in [-0.2, 0) is 4.74 Å². The lowest BCUT2D eigenvalue weighted by molar-refractivity contribution is 0.0387. The van der Waals surface area contributed by atoms with Crippen LogP contribution in [0.25, 0.3) is 10.9 Å². The Kier molecular flexibility index (Phi) is 7.69. The number of halogens is 1. The molecule has 0 aliphatic carbocycles. The smallest absolute Gasteiger partial charge is 0.326 e. The first-order valence-corrected chi connectivity index (χ1v) is 12.4. The van der Waals surface area contributed by atoms with E-state index in [4.69, 9.17) is 21.1 Å². The summed E-state index contributed by atoms with van der Waals surface area (Å²) in [6, 6.07) is 14.7. The van der Waals surface area contributed by atoms with Gasteiger partial charge in [0.25, 0.3) is 0 Å². The third-order valence-corrected chi connectivity index (χ3v) is 6.35. The zero-order chi connectivity index (χ0) is 25.6. The Labute approximate surface area is 219 Å². The van der Waals surface area contributed by atoms with Gasteiger partial charge in [-0.1, -0.05) is 17.7 Å². The molecule has 0 bridgehead atoms. The summed E-state index contributed by atoms with van der Waals surface area (Å²) in [5.41, 5.74) is 2.32. The second-order valence-corrected chi connectivity index (χ2v) is 8.92. The number of hydrogen-bond donors (Lipinski definition) is 3. The molecule has 1 aliphatic heterocycles. The van der Waals surface area contributed by atoms with E-state index in [9.17, 15) is 4.79 Å². The molecule has 3 heterocycles. The van der Waals surface area contributed by atoms with Gasteiger partial charge in [0.1, 0.15) is 11.6 Å². The summed E-state index contributed by atoms with van der Waals surface area (Å²) in [7, 11) is 1.57. The van der Waals surface area contributed by atoms with E-state index in [0.717, 1.165) is 55.1 Å². The van der Waals surface area contributed by atoms with Crippen LogP contribution >= 0.6 is 11.6 Å². The molecule has 2 aromatic carbocycles. The Morgan fingerprint density at radius 2 is 1.89 bits per heavy atom. The molecule has 37 heavy (non-hydrogen) atoms. The van der Waals surface area contributed by atoms with Gasteiger partial charge in [0, 0.05) is 55.3 Å². The average Bonchev–Trinajstić information content (AvgIpc) is 3.33. The molecule has 1 saturated heterocycles. The fraction of sp³-hybridized carbons (Fsp3) is 0.269.